The fourth-order valence-electron chi connectivity index (χ4n) is 2.20. The lowest BCUT2D eigenvalue weighted by Gasteiger charge is -2.22. The Balaban J connectivity index is 2.38. The summed E-state index contributed by atoms with van der Waals surface area (Å²) >= 11 is 0. The van der Waals surface area contributed by atoms with E-state index in [4.69, 9.17) is 9.47 Å². The number of nitrogens with zero attached hydrogens (tertiary/aromatic N) is 2. The molecule has 0 aliphatic rings. The normalized spacial score (nSPS) is 11.6. The van der Waals surface area contributed by atoms with Gasteiger partial charge in [-0.15, -0.1) is 0 Å². The highest BCUT2D eigenvalue weighted by molar-refractivity contribution is 5.79. The predicted molar refractivity (Wildman–Crippen MR) is 95.8 cm³/mol. The Morgan fingerprint density at radius 3 is 2.79 bits per heavy atom. The summed E-state index contributed by atoms with van der Waals surface area (Å²) in [6.45, 7) is 6.19. The van der Waals surface area contributed by atoms with Crippen LogP contribution in [0.4, 0.5) is 4.39 Å². The number of hydrogen-bond donors (Lipinski definition) is 1. The maximum atomic E-state index is 13.3. The second kappa shape index (κ2) is 12.7. The van der Waals surface area contributed by atoms with Gasteiger partial charge in [-0.3, -0.25) is 4.99 Å². The Kier molecular flexibility index (Phi) is 10.8. The molecule has 5 nitrogen and oxygen atoms in total. The fraction of sp³-hybridized carbons (Fsp3) is 0.611. The molecule has 1 rings (SSSR count). The Hall–Kier alpha value is -1.66. The number of ether oxygens (including phenoxy) is 2. The molecule has 6 heteroatoms. The summed E-state index contributed by atoms with van der Waals surface area (Å²) in [5.41, 5.74) is 0.926. The lowest BCUT2D eigenvalue weighted by atomic mass is 10.2. The molecule has 0 saturated heterocycles. The van der Waals surface area contributed by atoms with Crippen LogP contribution < -0.4 is 5.32 Å². The van der Waals surface area contributed by atoms with E-state index in [0.717, 1.165) is 44.1 Å². The molecule has 0 bridgehead atoms. The van der Waals surface area contributed by atoms with Gasteiger partial charge >= 0.3 is 0 Å². The molecule has 1 N–H and O–H groups in total. The van der Waals surface area contributed by atoms with Gasteiger partial charge in [0.15, 0.2) is 5.96 Å². The van der Waals surface area contributed by atoms with Crippen molar-refractivity contribution in [2.45, 2.75) is 26.3 Å². The van der Waals surface area contributed by atoms with Gasteiger partial charge in [-0.05, 0) is 37.5 Å². The van der Waals surface area contributed by atoms with Gasteiger partial charge in [-0.1, -0.05) is 12.1 Å². The van der Waals surface area contributed by atoms with Crippen LogP contribution in [0, 0.1) is 5.82 Å². The van der Waals surface area contributed by atoms with E-state index in [1.165, 1.54) is 6.07 Å². The summed E-state index contributed by atoms with van der Waals surface area (Å²) in [6.07, 6.45) is 1.94. The Morgan fingerprint density at radius 2 is 2.08 bits per heavy atom. The van der Waals surface area contributed by atoms with E-state index < -0.39 is 0 Å². The molecule has 0 unspecified atom stereocenters. The van der Waals surface area contributed by atoms with E-state index >= 15 is 0 Å². The first-order valence-corrected chi connectivity index (χ1v) is 8.48. The molecule has 1 aromatic rings. The van der Waals surface area contributed by atoms with E-state index in [1.807, 2.05) is 24.9 Å². The molecule has 0 amide bonds. The van der Waals surface area contributed by atoms with Crippen molar-refractivity contribution in [1.29, 1.82) is 0 Å². The Labute approximate surface area is 144 Å². The van der Waals surface area contributed by atoms with Crippen LogP contribution in [0.1, 0.15) is 25.3 Å². The van der Waals surface area contributed by atoms with Gasteiger partial charge in [0.1, 0.15) is 5.82 Å². The van der Waals surface area contributed by atoms with Crippen LogP contribution >= 0.6 is 0 Å². The Morgan fingerprint density at radius 1 is 1.25 bits per heavy atom. The summed E-state index contributed by atoms with van der Waals surface area (Å²) in [4.78, 5) is 6.63. The fourth-order valence-corrected chi connectivity index (χ4v) is 2.20. The van der Waals surface area contributed by atoms with Crippen LogP contribution in [0.3, 0.4) is 0 Å². The van der Waals surface area contributed by atoms with Gasteiger partial charge in [-0.2, -0.15) is 0 Å². The van der Waals surface area contributed by atoms with Crippen LogP contribution in [-0.4, -0.2) is 57.9 Å². The van der Waals surface area contributed by atoms with Gasteiger partial charge < -0.3 is 19.7 Å². The van der Waals surface area contributed by atoms with E-state index in [0.29, 0.717) is 19.8 Å². The molecular formula is C18H30FN3O2. The molecule has 0 spiro atoms. The van der Waals surface area contributed by atoms with E-state index in [9.17, 15) is 4.39 Å². The minimum absolute atomic E-state index is 0.212. The number of halogens is 1. The van der Waals surface area contributed by atoms with Crippen molar-refractivity contribution < 1.29 is 13.9 Å². The maximum Gasteiger partial charge on any atom is 0.193 e. The highest BCUT2D eigenvalue weighted by Gasteiger charge is 2.06. The summed E-state index contributed by atoms with van der Waals surface area (Å²) in [7, 11) is 3.63. The average Bonchev–Trinajstić information content (AvgIpc) is 2.56. The summed E-state index contributed by atoms with van der Waals surface area (Å²) in [5, 5.41) is 3.27. The molecule has 0 aromatic heterocycles. The Bertz CT molecular complexity index is 483. The number of methoxy groups -OCH3 is 1. The van der Waals surface area contributed by atoms with Crippen LogP contribution in [-0.2, 0) is 16.0 Å². The number of guanidine groups is 1. The minimum Gasteiger partial charge on any atom is -0.382 e. The quantitative estimate of drug-likeness (QED) is 0.382. The third-order valence-corrected chi connectivity index (χ3v) is 3.40. The van der Waals surface area contributed by atoms with Crippen molar-refractivity contribution in [3.8, 4) is 0 Å². The van der Waals surface area contributed by atoms with E-state index in [1.54, 1.807) is 19.2 Å². The van der Waals surface area contributed by atoms with Crippen LogP contribution in [0.5, 0.6) is 0 Å². The highest BCUT2D eigenvalue weighted by atomic mass is 19.1. The van der Waals surface area contributed by atoms with Gasteiger partial charge in [0.25, 0.3) is 0 Å². The number of unbranched alkanes of at least 4 members (excludes halogenated alkanes) is 1. The van der Waals surface area contributed by atoms with Gasteiger partial charge in [0.2, 0.25) is 0 Å². The summed E-state index contributed by atoms with van der Waals surface area (Å²) in [5.74, 6) is 0.623. The number of hydrogen-bond acceptors (Lipinski definition) is 3. The van der Waals surface area contributed by atoms with Gasteiger partial charge in [0, 0.05) is 40.4 Å². The molecule has 0 radical (unpaired) electrons. The van der Waals surface area contributed by atoms with Crippen LogP contribution in [0.25, 0.3) is 0 Å². The first-order chi connectivity index (χ1) is 11.7. The van der Waals surface area contributed by atoms with Crippen molar-refractivity contribution in [1.82, 2.24) is 10.2 Å². The zero-order valence-electron chi connectivity index (χ0n) is 15.1. The van der Waals surface area contributed by atoms with Crippen molar-refractivity contribution >= 4 is 5.96 Å². The van der Waals surface area contributed by atoms with Crippen LogP contribution in [0.2, 0.25) is 0 Å². The molecule has 0 saturated carbocycles. The molecule has 136 valence electrons. The number of aliphatic imine (C=N–C) groups is 1. The average molecular weight is 339 g/mol. The standard InChI is InChI=1S/C18H30FN3O2/c1-4-20-18(21-10-5-6-11-24-13-12-23-3)22(2)15-16-8-7-9-17(19)14-16/h7-9,14H,4-6,10-13,15H2,1-3H3,(H,20,21). The number of benzene rings is 1. The second-order valence-electron chi connectivity index (χ2n) is 5.53. The lowest BCUT2D eigenvalue weighted by molar-refractivity contribution is 0.0690. The second-order valence-corrected chi connectivity index (χ2v) is 5.53. The predicted octanol–water partition coefficient (Wildman–Crippen LogP) is 2.67. The molecule has 1 aromatic carbocycles. The maximum absolute atomic E-state index is 13.3. The summed E-state index contributed by atoms with van der Waals surface area (Å²) < 4.78 is 23.6. The monoisotopic (exact) mass is 339 g/mol. The minimum atomic E-state index is -0.212. The third-order valence-electron chi connectivity index (χ3n) is 3.40. The zero-order chi connectivity index (χ0) is 17.6. The largest absolute Gasteiger partial charge is 0.382 e. The molecule has 24 heavy (non-hydrogen) atoms. The zero-order valence-corrected chi connectivity index (χ0v) is 15.1. The van der Waals surface area contributed by atoms with Crippen molar-refractivity contribution in [3.05, 3.63) is 35.6 Å². The van der Waals surface area contributed by atoms with Gasteiger partial charge in [-0.25, -0.2) is 4.39 Å². The van der Waals surface area contributed by atoms with E-state index in [-0.39, 0.29) is 5.82 Å². The molecular weight excluding hydrogens is 309 g/mol. The summed E-state index contributed by atoms with van der Waals surface area (Å²) in [6, 6.07) is 6.65. The highest BCUT2D eigenvalue weighted by Crippen LogP contribution is 2.06. The molecule has 0 atom stereocenters. The van der Waals surface area contributed by atoms with Crippen LogP contribution in [0.15, 0.2) is 29.3 Å². The SMILES string of the molecule is CCNC(=NCCCCOCCOC)N(C)Cc1cccc(F)c1. The molecule has 0 aliphatic heterocycles. The van der Waals surface area contributed by atoms with Gasteiger partial charge in [0.05, 0.1) is 13.2 Å². The lowest BCUT2D eigenvalue weighted by Crippen LogP contribution is -2.38. The molecule has 0 fully saturated rings. The van der Waals surface area contributed by atoms with Crippen molar-refractivity contribution in [3.63, 3.8) is 0 Å². The van der Waals surface area contributed by atoms with Crippen molar-refractivity contribution in [2.75, 3.05) is 47.1 Å². The third kappa shape index (κ3) is 8.84. The molecule has 0 aliphatic carbocycles. The van der Waals surface area contributed by atoms with E-state index in [2.05, 4.69) is 10.3 Å². The first-order valence-electron chi connectivity index (χ1n) is 8.48. The molecule has 0 heterocycles. The smallest absolute Gasteiger partial charge is 0.193 e. The topological polar surface area (TPSA) is 46.1 Å². The number of nitrogens with one attached hydrogen (secondary N) is 1. The van der Waals surface area contributed by atoms with Crippen molar-refractivity contribution in [2.24, 2.45) is 4.99 Å². The first kappa shape index (κ1) is 20.4. The number of rotatable bonds is 11.